The molecule has 2 N–H and O–H groups in total. The molecule has 3 rings (SSSR count). The maximum atomic E-state index is 11.8. The van der Waals surface area contributed by atoms with Gasteiger partial charge in [-0.15, -0.1) is 0 Å². The van der Waals surface area contributed by atoms with Crippen molar-refractivity contribution in [2.45, 2.75) is 44.8 Å². The largest absolute Gasteiger partial charge is 0.372 e. The lowest BCUT2D eigenvalue weighted by molar-refractivity contribution is -0.185. The van der Waals surface area contributed by atoms with Crippen molar-refractivity contribution in [1.82, 2.24) is 5.48 Å². The summed E-state index contributed by atoms with van der Waals surface area (Å²) in [5.41, 5.74) is 4.35. The Balaban J connectivity index is 1.44. The summed E-state index contributed by atoms with van der Waals surface area (Å²) in [5, 5.41) is 2.76. The standard InChI is InChI=1S/C17H25N3O3/c21-17(19-23-16-6-2-5-13-22-16)18-14-7-9-15(10-8-14)20-11-3-1-4-12-20/h7-10,16H,1-6,11-13H2,(H2,18,19,21)/t16-/m0/s1. The number of piperidine rings is 1. The van der Waals surface area contributed by atoms with E-state index in [4.69, 9.17) is 9.57 Å². The molecule has 2 aliphatic heterocycles. The fraction of sp³-hybridized carbons (Fsp3) is 0.588. The van der Waals surface area contributed by atoms with E-state index in [9.17, 15) is 4.79 Å². The Bertz CT molecular complexity index is 494. The minimum atomic E-state index is -0.384. The quantitative estimate of drug-likeness (QED) is 0.836. The van der Waals surface area contributed by atoms with Crippen LogP contribution in [0.3, 0.4) is 0 Å². The van der Waals surface area contributed by atoms with Crippen LogP contribution in [0.15, 0.2) is 24.3 Å². The molecule has 0 aliphatic carbocycles. The van der Waals surface area contributed by atoms with Gasteiger partial charge in [0.25, 0.3) is 0 Å². The van der Waals surface area contributed by atoms with Gasteiger partial charge in [0, 0.05) is 37.5 Å². The van der Waals surface area contributed by atoms with Crippen LogP contribution in [-0.2, 0) is 9.57 Å². The van der Waals surface area contributed by atoms with Crippen LogP contribution < -0.4 is 15.7 Å². The van der Waals surface area contributed by atoms with E-state index in [1.54, 1.807) is 0 Å². The maximum absolute atomic E-state index is 11.8. The third-order valence-corrected chi connectivity index (χ3v) is 4.27. The summed E-state index contributed by atoms with van der Waals surface area (Å²) in [6.07, 6.45) is 6.41. The Morgan fingerprint density at radius 3 is 2.57 bits per heavy atom. The second-order valence-corrected chi connectivity index (χ2v) is 6.06. The number of hydrogen-bond acceptors (Lipinski definition) is 4. The average molecular weight is 319 g/mol. The zero-order valence-electron chi connectivity index (χ0n) is 13.4. The van der Waals surface area contributed by atoms with E-state index in [1.165, 1.54) is 24.9 Å². The molecule has 2 fully saturated rings. The first-order valence-electron chi connectivity index (χ1n) is 8.50. The summed E-state index contributed by atoms with van der Waals surface area (Å²) < 4.78 is 5.39. The molecule has 0 aromatic heterocycles. The second kappa shape index (κ2) is 8.17. The van der Waals surface area contributed by atoms with Crippen LogP contribution in [-0.4, -0.2) is 32.0 Å². The average Bonchev–Trinajstić information content (AvgIpc) is 2.62. The monoisotopic (exact) mass is 319 g/mol. The van der Waals surface area contributed by atoms with Gasteiger partial charge < -0.3 is 15.0 Å². The Labute approximate surface area is 137 Å². The van der Waals surface area contributed by atoms with Gasteiger partial charge in [-0.25, -0.2) is 15.1 Å². The van der Waals surface area contributed by atoms with E-state index < -0.39 is 0 Å². The van der Waals surface area contributed by atoms with Gasteiger partial charge >= 0.3 is 6.03 Å². The second-order valence-electron chi connectivity index (χ2n) is 6.06. The number of amides is 2. The summed E-state index contributed by atoms with van der Waals surface area (Å²) in [4.78, 5) is 19.5. The number of rotatable bonds is 4. The number of hydroxylamine groups is 1. The molecule has 23 heavy (non-hydrogen) atoms. The molecule has 2 heterocycles. The molecule has 0 saturated carbocycles. The summed E-state index contributed by atoms with van der Waals surface area (Å²) in [6.45, 7) is 2.91. The van der Waals surface area contributed by atoms with Crippen LogP contribution in [0.5, 0.6) is 0 Å². The first-order valence-corrected chi connectivity index (χ1v) is 8.50. The predicted molar refractivity (Wildman–Crippen MR) is 89.3 cm³/mol. The highest BCUT2D eigenvalue weighted by atomic mass is 16.8. The van der Waals surface area contributed by atoms with Crippen molar-refractivity contribution < 1.29 is 14.4 Å². The van der Waals surface area contributed by atoms with Gasteiger partial charge in [-0.2, -0.15) is 0 Å². The van der Waals surface area contributed by atoms with Crippen LogP contribution in [0.1, 0.15) is 38.5 Å². The molecule has 0 unspecified atom stereocenters. The van der Waals surface area contributed by atoms with Crippen LogP contribution in [0, 0.1) is 0 Å². The van der Waals surface area contributed by atoms with Crippen molar-refractivity contribution in [2.24, 2.45) is 0 Å². The summed E-state index contributed by atoms with van der Waals surface area (Å²) in [5.74, 6) is 0. The molecule has 1 aromatic carbocycles. The van der Waals surface area contributed by atoms with E-state index in [1.807, 2.05) is 24.3 Å². The smallest absolute Gasteiger partial charge is 0.343 e. The van der Waals surface area contributed by atoms with Crippen molar-refractivity contribution in [3.05, 3.63) is 24.3 Å². The molecule has 1 atom stereocenters. The maximum Gasteiger partial charge on any atom is 0.343 e. The van der Waals surface area contributed by atoms with Gasteiger partial charge in [-0.1, -0.05) is 0 Å². The number of carbonyl (C=O) groups is 1. The molecule has 1 aromatic rings. The van der Waals surface area contributed by atoms with Gasteiger partial charge in [0.2, 0.25) is 0 Å². The van der Waals surface area contributed by atoms with Gasteiger partial charge in [0.1, 0.15) is 0 Å². The molecule has 0 spiro atoms. The third kappa shape index (κ3) is 4.84. The Hall–Kier alpha value is -1.79. The first-order chi connectivity index (χ1) is 11.3. The summed E-state index contributed by atoms with van der Waals surface area (Å²) in [7, 11) is 0. The van der Waals surface area contributed by atoms with Crippen molar-refractivity contribution >= 4 is 17.4 Å². The van der Waals surface area contributed by atoms with E-state index >= 15 is 0 Å². The molecule has 126 valence electrons. The normalized spacial score (nSPS) is 21.7. The van der Waals surface area contributed by atoms with Gasteiger partial charge in [-0.3, -0.25) is 0 Å². The number of benzene rings is 1. The van der Waals surface area contributed by atoms with Gasteiger partial charge in [-0.05, 0) is 56.4 Å². The zero-order valence-corrected chi connectivity index (χ0v) is 13.4. The Morgan fingerprint density at radius 2 is 1.87 bits per heavy atom. The van der Waals surface area contributed by atoms with Crippen LogP contribution in [0.25, 0.3) is 0 Å². The SMILES string of the molecule is O=C(NO[C@H]1CCCCO1)Nc1ccc(N2CCCCC2)cc1. The number of anilines is 2. The highest BCUT2D eigenvalue weighted by Gasteiger charge is 2.16. The molecule has 6 heteroatoms. The van der Waals surface area contributed by atoms with Crippen molar-refractivity contribution in [1.29, 1.82) is 0 Å². The highest BCUT2D eigenvalue weighted by molar-refractivity contribution is 5.88. The lowest BCUT2D eigenvalue weighted by Gasteiger charge is -2.28. The topological polar surface area (TPSA) is 62.8 Å². The van der Waals surface area contributed by atoms with Crippen LogP contribution in [0.4, 0.5) is 16.2 Å². The van der Waals surface area contributed by atoms with Crippen molar-refractivity contribution in [3.8, 4) is 0 Å². The molecule has 2 saturated heterocycles. The van der Waals surface area contributed by atoms with Crippen molar-refractivity contribution in [2.75, 3.05) is 29.9 Å². The molecule has 0 radical (unpaired) electrons. The van der Waals surface area contributed by atoms with E-state index in [0.29, 0.717) is 6.61 Å². The molecular weight excluding hydrogens is 294 g/mol. The van der Waals surface area contributed by atoms with E-state index in [-0.39, 0.29) is 12.3 Å². The van der Waals surface area contributed by atoms with Crippen molar-refractivity contribution in [3.63, 3.8) is 0 Å². The summed E-state index contributed by atoms with van der Waals surface area (Å²) in [6, 6.07) is 7.55. The van der Waals surface area contributed by atoms with Crippen LogP contribution >= 0.6 is 0 Å². The van der Waals surface area contributed by atoms with Gasteiger partial charge in [0.05, 0.1) is 0 Å². The lowest BCUT2D eigenvalue weighted by atomic mass is 10.1. The van der Waals surface area contributed by atoms with Gasteiger partial charge in [0.15, 0.2) is 6.29 Å². The number of nitrogens with one attached hydrogen (secondary N) is 2. The molecule has 6 nitrogen and oxygen atoms in total. The summed E-state index contributed by atoms with van der Waals surface area (Å²) >= 11 is 0. The molecular formula is C17H25N3O3. The van der Waals surface area contributed by atoms with Crippen LogP contribution in [0.2, 0.25) is 0 Å². The number of ether oxygens (including phenoxy) is 1. The first kappa shape index (κ1) is 16.1. The fourth-order valence-electron chi connectivity index (χ4n) is 2.99. The number of urea groups is 1. The Kier molecular flexibility index (Phi) is 5.71. The highest BCUT2D eigenvalue weighted by Crippen LogP contribution is 2.21. The number of hydrogen-bond donors (Lipinski definition) is 2. The zero-order chi connectivity index (χ0) is 15.9. The Morgan fingerprint density at radius 1 is 1.09 bits per heavy atom. The minimum absolute atomic E-state index is 0.337. The lowest BCUT2D eigenvalue weighted by Crippen LogP contribution is -2.35. The predicted octanol–water partition coefficient (Wildman–Crippen LogP) is 3.26. The fourth-order valence-corrected chi connectivity index (χ4v) is 2.99. The minimum Gasteiger partial charge on any atom is -0.372 e. The number of nitrogens with zero attached hydrogens (tertiary/aromatic N) is 1. The van der Waals surface area contributed by atoms with E-state index in [0.717, 1.165) is 38.0 Å². The molecule has 0 bridgehead atoms. The molecule has 2 amide bonds. The number of carbonyl (C=O) groups excluding carboxylic acids is 1. The molecule has 2 aliphatic rings. The third-order valence-electron chi connectivity index (χ3n) is 4.27. The van der Waals surface area contributed by atoms with E-state index in [2.05, 4.69) is 15.7 Å².